The van der Waals surface area contributed by atoms with Crippen molar-refractivity contribution in [1.82, 2.24) is 15.3 Å². The molecule has 1 aromatic carbocycles. The summed E-state index contributed by atoms with van der Waals surface area (Å²) >= 11 is 5.62. The third kappa shape index (κ3) is 5.53. The van der Waals surface area contributed by atoms with E-state index in [1.165, 1.54) is 6.07 Å². The third-order valence-electron chi connectivity index (χ3n) is 5.04. The Balaban J connectivity index is 1.56. The molecule has 1 fully saturated rings. The van der Waals surface area contributed by atoms with Crippen LogP contribution in [-0.4, -0.2) is 35.0 Å². The van der Waals surface area contributed by atoms with Gasteiger partial charge in [0.25, 0.3) is 5.91 Å². The van der Waals surface area contributed by atoms with Gasteiger partial charge in [-0.05, 0) is 50.8 Å². The van der Waals surface area contributed by atoms with Crippen LogP contribution in [0.3, 0.4) is 0 Å². The minimum atomic E-state index is -4.61. The standard InChI is InChI=1S/C20H23ClF3N5O/c1-11-9-17(25-2)29-19(26-11)28-14-6-4-13(5-7-14)27-18(30)12-3-8-16(21)15(10-12)20(22,23)24/h3,8-10,13-14H,4-7H2,1-2H3,(H,27,30)(H2,25,26,28,29)/t13-,14+. The van der Waals surface area contributed by atoms with Crippen molar-refractivity contribution < 1.29 is 18.0 Å². The zero-order valence-electron chi connectivity index (χ0n) is 16.6. The molecule has 0 bridgehead atoms. The summed E-state index contributed by atoms with van der Waals surface area (Å²) in [5, 5.41) is 8.71. The number of halogens is 4. The van der Waals surface area contributed by atoms with Crippen LogP contribution in [0, 0.1) is 6.92 Å². The molecule has 162 valence electrons. The molecule has 6 nitrogen and oxygen atoms in total. The van der Waals surface area contributed by atoms with Crippen LogP contribution in [-0.2, 0) is 6.18 Å². The van der Waals surface area contributed by atoms with E-state index in [0.717, 1.165) is 36.5 Å². The lowest BCUT2D eigenvalue weighted by Gasteiger charge is -2.29. The number of carbonyl (C=O) groups excluding carboxylic acids is 1. The quantitative estimate of drug-likeness (QED) is 0.629. The molecule has 0 saturated heterocycles. The van der Waals surface area contributed by atoms with Gasteiger partial charge in [0.15, 0.2) is 0 Å². The number of alkyl halides is 3. The topological polar surface area (TPSA) is 78.9 Å². The number of rotatable bonds is 5. The molecular formula is C20H23ClF3N5O. The summed E-state index contributed by atoms with van der Waals surface area (Å²) in [5.74, 6) is 0.745. The summed E-state index contributed by atoms with van der Waals surface area (Å²) in [7, 11) is 1.79. The van der Waals surface area contributed by atoms with E-state index in [1.54, 1.807) is 7.05 Å². The molecule has 1 aliphatic carbocycles. The van der Waals surface area contributed by atoms with Crippen LogP contribution >= 0.6 is 11.6 Å². The predicted octanol–water partition coefficient (Wildman–Crippen LogP) is 4.65. The van der Waals surface area contributed by atoms with Crippen molar-refractivity contribution in [1.29, 1.82) is 0 Å². The van der Waals surface area contributed by atoms with Gasteiger partial charge in [-0.3, -0.25) is 4.79 Å². The largest absolute Gasteiger partial charge is 0.417 e. The molecule has 2 aromatic rings. The zero-order valence-corrected chi connectivity index (χ0v) is 17.4. The van der Waals surface area contributed by atoms with Crippen LogP contribution in [0.2, 0.25) is 5.02 Å². The maximum absolute atomic E-state index is 13.0. The van der Waals surface area contributed by atoms with Gasteiger partial charge in [0.05, 0.1) is 10.6 Å². The van der Waals surface area contributed by atoms with E-state index in [4.69, 9.17) is 11.6 Å². The zero-order chi connectivity index (χ0) is 21.9. The first-order valence-corrected chi connectivity index (χ1v) is 10.0. The second-order valence-electron chi connectivity index (χ2n) is 7.33. The van der Waals surface area contributed by atoms with E-state index in [0.29, 0.717) is 18.8 Å². The molecule has 0 spiro atoms. The first kappa shape index (κ1) is 22.1. The molecule has 1 amide bonds. The fourth-order valence-electron chi connectivity index (χ4n) is 3.48. The van der Waals surface area contributed by atoms with Gasteiger partial charge in [-0.1, -0.05) is 11.6 Å². The van der Waals surface area contributed by atoms with Gasteiger partial charge < -0.3 is 16.0 Å². The van der Waals surface area contributed by atoms with Crippen LogP contribution in [0.25, 0.3) is 0 Å². The van der Waals surface area contributed by atoms with Crippen molar-refractivity contribution in [2.24, 2.45) is 0 Å². The molecule has 1 heterocycles. The van der Waals surface area contributed by atoms with Crippen LogP contribution < -0.4 is 16.0 Å². The number of nitrogens with zero attached hydrogens (tertiary/aromatic N) is 2. The van der Waals surface area contributed by atoms with Gasteiger partial charge in [0, 0.05) is 36.5 Å². The Morgan fingerprint density at radius 2 is 1.77 bits per heavy atom. The minimum absolute atomic E-state index is 0.0558. The smallest absolute Gasteiger partial charge is 0.373 e. The number of amides is 1. The molecule has 3 rings (SSSR count). The Kier molecular flexibility index (Phi) is 6.70. The average Bonchev–Trinajstić information content (AvgIpc) is 2.68. The van der Waals surface area contributed by atoms with E-state index < -0.39 is 22.7 Å². The van der Waals surface area contributed by atoms with E-state index in [2.05, 4.69) is 25.9 Å². The molecule has 10 heteroatoms. The normalized spacial score (nSPS) is 19.3. The molecular weight excluding hydrogens is 419 g/mol. The number of carbonyl (C=O) groups is 1. The minimum Gasteiger partial charge on any atom is -0.373 e. The number of aryl methyl sites for hydroxylation is 1. The molecule has 3 N–H and O–H groups in total. The van der Waals surface area contributed by atoms with Crippen molar-refractivity contribution in [2.45, 2.75) is 50.9 Å². The monoisotopic (exact) mass is 441 g/mol. The summed E-state index contributed by atoms with van der Waals surface area (Å²) in [5.41, 5.74) is -0.220. The van der Waals surface area contributed by atoms with Crippen LogP contribution in [0.1, 0.15) is 47.3 Å². The average molecular weight is 442 g/mol. The second kappa shape index (κ2) is 9.07. The molecule has 0 aliphatic heterocycles. The van der Waals surface area contributed by atoms with Crippen molar-refractivity contribution in [2.75, 3.05) is 17.7 Å². The Bertz CT molecular complexity index is 914. The fraction of sp³-hybridized carbons (Fsp3) is 0.450. The van der Waals surface area contributed by atoms with E-state index in [1.807, 2.05) is 13.0 Å². The maximum Gasteiger partial charge on any atom is 0.417 e. The van der Waals surface area contributed by atoms with Crippen molar-refractivity contribution in [3.63, 3.8) is 0 Å². The molecule has 0 atom stereocenters. The fourth-order valence-corrected chi connectivity index (χ4v) is 3.70. The molecule has 0 radical (unpaired) electrons. The number of hydrogen-bond acceptors (Lipinski definition) is 5. The summed E-state index contributed by atoms with van der Waals surface area (Å²) in [6, 6.07) is 5.09. The van der Waals surface area contributed by atoms with Gasteiger partial charge in [-0.25, -0.2) is 4.98 Å². The summed E-state index contributed by atoms with van der Waals surface area (Å²) < 4.78 is 39.0. The SMILES string of the molecule is CNc1cc(C)nc(N[C@H]2CC[C@@H](NC(=O)c3ccc(Cl)c(C(F)(F)F)c3)CC2)n1. The van der Waals surface area contributed by atoms with Gasteiger partial charge in [0.1, 0.15) is 5.82 Å². The number of anilines is 2. The predicted molar refractivity (Wildman–Crippen MR) is 110 cm³/mol. The van der Waals surface area contributed by atoms with Gasteiger partial charge in [-0.15, -0.1) is 0 Å². The Morgan fingerprint density at radius 1 is 1.10 bits per heavy atom. The molecule has 30 heavy (non-hydrogen) atoms. The summed E-state index contributed by atoms with van der Waals surface area (Å²) in [6.07, 6.45) is -1.64. The van der Waals surface area contributed by atoms with Crippen molar-refractivity contribution in [3.05, 3.63) is 46.1 Å². The van der Waals surface area contributed by atoms with E-state index in [-0.39, 0.29) is 17.6 Å². The van der Waals surface area contributed by atoms with Crippen LogP contribution in [0.15, 0.2) is 24.3 Å². The van der Waals surface area contributed by atoms with Crippen molar-refractivity contribution >= 4 is 29.3 Å². The Labute approximate surface area is 177 Å². The van der Waals surface area contributed by atoms with Gasteiger partial charge in [0.2, 0.25) is 5.95 Å². The number of nitrogens with one attached hydrogen (secondary N) is 3. The van der Waals surface area contributed by atoms with Gasteiger partial charge in [-0.2, -0.15) is 18.2 Å². The lowest BCUT2D eigenvalue weighted by Crippen LogP contribution is -2.40. The number of hydrogen-bond donors (Lipinski definition) is 3. The second-order valence-corrected chi connectivity index (χ2v) is 7.73. The first-order chi connectivity index (χ1) is 14.2. The first-order valence-electron chi connectivity index (χ1n) is 9.63. The maximum atomic E-state index is 13.0. The molecule has 0 unspecified atom stereocenters. The molecule has 1 saturated carbocycles. The van der Waals surface area contributed by atoms with Crippen LogP contribution in [0.5, 0.6) is 0 Å². The van der Waals surface area contributed by atoms with Crippen LogP contribution in [0.4, 0.5) is 24.9 Å². The lowest BCUT2D eigenvalue weighted by atomic mass is 9.91. The highest BCUT2D eigenvalue weighted by Gasteiger charge is 2.34. The van der Waals surface area contributed by atoms with Crippen molar-refractivity contribution in [3.8, 4) is 0 Å². The number of aromatic nitrogens is 2. The van der Waals surface area contributed by atoms with E-state index in [9.17, 15) is 18.0 Å². The highest BCUT2D eigenvalue weighted by Crippen LogP contribution is 2.35. The highest BCUT2D eigenvalue weighted by molar-refractivity contribution is 6.31. The van der Waals surface area contributed by atoms with Gasteiger partial charge >= 0.3 is 6.18 Å². The molecule has 1 aromatic heterocycles. The summed E-state index contributed by atoms with van der Waals surface area (Å²) in [4.78, 5) is 21.2. The number of benzene rings is 1. The third-order valence-corrected chi connectivity index (χ3v) is 5.37. The molecule has 1 aliphatic rings. The highest BCUT2D eigenvalue weighted by atomic mass is 35.5. The van der Waals surface area contributed by atoms with E-state index >= 15 is 0 Å². The Hall–Kier alpha value is -2.55. The summed E-state index contributed by atoms with van der Waals surface area (Å²) in [6.45, 7) is 1.89. The Morgan fingerprint density at radius 3 is 2.40 bits per heavy atom. The lowest BCUT2D eigenvalue weighted by molar-refractivity contribution is -0.137.